The van der Waals surface area contributed by atoms with Gasteiger partial charge in [-0.05, 0) is 0 Å². The van der Waals surface area contributed by atoms with E-state index in [4.69, 9.17) is 5.73 Å². The van der Waals surface area contributed by atoms with Crippen LogP contribution in [-0.4, -0.2) is 23.5 Å². The Morgan fingerprint density at radius 1 is 1.35 bits per heavy atom. The third-order valence-electron chi connectivity index (χ3n) is 1.89. The topological polar surface area (TPSA) is 124 Å². The van der Waals surface area contributed by atoms with Crippen LogP contribution in [-0.2, 0) is 16.6 Å². The van der Waals surface area contributed by atoms with Gasteiger partial charge in [-0.3, -0.25) is 0 Å². The van der Waals surface area contributed by atoms with Crippen LogP contribution in [0.25, 0.3) is 0 Å². The number of anilines is 1. The van der Waals surface area contributed by atoms with E-state index in [2.05, 4.69) is 24.4 Å². The number of sulfonamides is 1. The van der Waals surface area contributed by atoms with Gasteiger partial charge in [-0.15, -0.1) is 0 Å². The quantitative estimate of drug-likeness (QED) is 0.756. The lowest BCUT2D eigenvalue weighted by Crippen LogP contribution is -2.23. The number of rotatable bonds is 4. The van der Waals surface area contributed by atoms with Crippen molar-refractivity contribution in [3.63, 3.8) is 0 Å². The zero-order chi connectivity index (χ0) is 12.3. The molecular weight excluding hydrogens is 246 g/mol. The molecule has 0 aliphatic carbocycles. The van der Waals surface area contributed by atoms with Crippen LogP contribution in [0.15, 0.2) is 34.1 Å². The molecule has 2 rings (SSSR count). The van der Waals surface area contributed by atoms with Crippen molar-refractivity contribution in [2.24, 2.45) is 0 Å². The maximum atomic E-state index is 11.7. The van der Waals surface area contributed by atoms with Crippen LogP contribution in [0.4, 0.5) is 5.95 Å². The van der Waals surface area contributed by atoms with E-state index in [9.17, 15) is 8.42 Å². The van der Waals surface area contributed by atoms with Crippen LogP contribution in [0.5, 0.6) is 0 Å². The van der Waals surface area contributed by atoms with Crippen molar-refractivity contribution in [3.8, 4) is 0 Å². The number of nitrogens with two attached hydrogens (primary N) is 1. The van der Waals surface area contributed by atoms with Gasteiger partial charge in [0.25, 0.3) is 0 Å². The van der Waals surface area contributed by atoms with Gasteiger partial charge in [-0.2, -0.15) is 0 Å². The summed E-state index contributed by atoms with van der Waals surface area (Å²) >= 11 is 0. The van der Waals surface area contributed by atoms with Gasteiger partial charge in [0.1, 0.15) is 11.2 Å². The number of aromatic nitrogens is 3. The molecule has 0 radical (unpaired) electrons. The molecule has 9 heteroatoms. The lowest BCUT2D eigenvalue weighted by atomic mass is 10.5. The Morgan fingerprint density at radius 2 is 2.06 bits per heavy atom. The molecule has 90 valence electrons. The molecule has 2 aromatic heterocycles. The second-order valence-electron chi connectivity index (χ2n) is 3.09. The molecule has 0 saturated carbocycles. The summed E-state index contributed by atoms with van der Waals surface area (Å²) in [5.74, 6) is 0.0143. The van der Waals surface area contributed by atoms with E-state index in [1.807, 2.05) is 0 Å². The molecule has 8 nitrogen and oxygen atoms in total. The first-order valence-corrected chi connectivity index (χ1v) is 6.03. The number of hydrogen-bond donors (Lipinski definition) is 2. The average Bonchev–Trinajstić information content (AvgIpc) is 2.80. The average molecular weight is 255 g/mol. The predicted molar refractivity (Wildman–Crippen MR) is 57.0 cm³/mol. The molecule has 0 saturated heterocycles. The lowest BCUT2D eigenvalue weighted by molar-refractivity contribution is 0.411. The molecule has 0 aliphatic heterocycles. The van der Waals surface area contributed by atoms with Gasteiger partial charge in [0.05, 0.1) is 24.6 Å². The van der Waals surface area contributed by atoms with E-state index < -0.39 is 10.0 Å². The predicted octanol–water partition coefficient (Wildman–Crippen LogP) is -0.475. The van der Waals surface area contributed by atoms with Gasteiger partial charge in [0.2, 0.25) is 16.0 Å². The maximum Gasteiger partial charge on any atom is 0.244 e. The molecule has 0 spiro atoms. The summed E-state index contributed by atoms with van der Waals surface area (Å²) in [4.78, 5) is 7.15. The minimum atomic E-state index is -3.67. The summed E-state index contributed by atoms with van der Waals surface area (Å²) < 4.78 is 30.4. The molecule has 0 aromatic carbocycles. The van der Waals surface area contributed by atoms with Crippen molar-refractivity contribution >= 4 is 16.0 Å². The van der Waals surface area contributed by atoms with Gasteiger partial charge >= 0.3 is 0 Å². The van der Waals surface area contributed by atoms with Crippen LogP contribution >= 0.6 is 0 Å². The Morgan fingerprint density at radius 3 is 2.65 bits per heavy atom. The molecule has 0 bridgehead atoms. The largest absolute Gasteiger partial charge is 0.368 e. The lowest BCUT2D eigenvalue weighted by Gasteiger charge is -2.03. The van der Waals surface area contributed by atoms with E-state index in [1.54, 1.807) is 6.07 Å². The van der Waals surface area contributed by atoms with Crippen LogP contribution < -0.4 is 10.5 Å². The maximum absolute atomic E-state index is 11.7. The van der Waals surface area contributed by atoms with Crippen LogP contribution in [0, 0.1) is 0 Å². The zero-order valence-corrected chi connectivity index (χ0v) is 9.38. The van der Waals surface area contributed by atoms with Crippen LogP contribution in [0.1, 0.15) is 5.69 Å². The van der Waals surface area contributed by atoms with Crippen molar-refractivity contribution in [1.82, 2.24) is 19.8 Å². The van der Waals surface area contributed by atoms with Gasteiger partial charge in [0, 0.05) is 6.07 Å². The first-order valence-electron chi connectivity index (χ1n) is 4.54. The Bertz CT molecular complexity index is 578. The van der Waals surface area contributed by atoms with Crippen molar-refractivity contribution in [1.29, 1.82) is 0 Å². The van der Waals surface area contributed by atoms with Crippen molar-refractivity contribution in [2.75, 3.05) is 5.73 Å². The molecular formula is C8H9N5O3S. The van der Waals surface area contributed by atoms with E-state index in [1.165, 1.54) is 6.26 Å². The third kappa shape index (κ3) is 2.77. The minimum Gasteiger partial charge on any atom is -0.368 e. The van der Waals surface area contributed by atoms with Crippen LogP contribution in [0.3, 0.4) is 0 Å². The molecule has 0 atom stereocenters. The monoisotopic (exact) mass is 255 g/mol. The Balaban J connectivity index is 2.11. The Hall–Kier alpha value is -2.00. The highest BCUT2D eigenvalue weighted by Crippen LogP contribution is 2.06. The Kier molecular flexibility index (Phi) is 3.02. The second-order valence-corrected chi connectivity index (χ2v) is 4.86. The minimum absolute atomic E-state index is 0.0143. The highest BCUT2D eigenvalue weighted by atomic mass is 32.2. The summed E-state index contributed by atoms with van der Waals surface area (Å²) in [5, 5.41) is 3.57. The molecule has 3 N–H and O–H groups in total. The normalized spacial score (nSPS) is 11.5. The molecule has 2 aromatic rings. The van der Waals surface area contributed by atoms with Gasteiger partial charge in [-0.25, -0.2) is 23.1 Å². The van der Waals surface area contributed by atoms with Gasteiger partial charge < -0.3 is 10.3 Å². The highest BCUT2D eigenvalue weighted by Gasteiger charge is 2.15. The summed E-state index contributed by atoms with van der Waals surface area (Å²) in [7, 11) is -3.67. The first-order chi connectivity index (χ1) is 8.08. The number of nitrogens with one attached hydrogen (secondary N) is 1. The summed E-state index contributed by atoms with van der Waals surface area (Å²) in [6, 6.07) is 1.56. The summed E-state index contributed by atoms with van der Waals surface area (Å²) in [6.45, 7) is 0.0310. The molecule has 0 amide bonds. The van der Waals surface area contributed by atoms with Gasteiger partial charge in [0.15, 0.2) is 0 Å². The second kappa shape index (κ2) is 4.47. The molecule has 2 heterocycles. The SMILES string of the molecule is Nc1ncc(S(=O)(=O)NCc2ccon2)cn1. The fourth-order valence-corrected chi connectivity index (χ4v) is 1.93. The Labute approximate surface area is 96.9 Å². The summed E-state index contributed by atoms with van der Waals surface area (Å²) in [5.41, 5.74) is 5.74. The van der Waals surface area contributed by atoms with Crippen molar-refractivity contribution in [3.05, 3.63) is 30.4 Å². The molecule has 0 unspecified atom stereocenters. The van der Waals surface area contributed by atoms with Crippen LogP contribution in [0.2, 0.25) is 0 Å². The summed E-state index contributed by atoms with van der Waals surface area (Å²) in [6.07, 6.45) is 3.62. The van der Waals surface area contributed by atoms with E-state index >= 15 is 0 Å². The van der Waals surface area contributed by atoms with E-state index in [0.29, 0.717) is 5.69 Å². The van der Waals surface area contributed by atoms with Crippen molar-refractivity contribution < 1.29 is 12.9 Å². The standard InChI is InChI=1S/C8H9N5O3S/c9-8-10-4-7(5-11-8)17(14,15)12-3-6-1-2-16-13-6/h1-2,4-5,12H,3H2,(H2,9,10,11). The smallest absolute Gasteiger partial charge is 0.244 e. The molecule has 0 fully saturated rings. The zero-order valence-electron chi connectivity index (χ0n) is 8.57. The van der Waals surface area contributed by atoms with Crippen molar-refractivity contribution in [2.45, 2.75) is 11.4 Å². The number of nitrogen functional groups attached to an aromatic ring is 1. The number of nitrogens with zero attached hydrogens (tertiary/aromatic N) is 3. The van der Waals surface area contributed by atoms with E-state index in [0.717, 1.165) is 12.4 Å². The van der Waals surface area contributed by atoms with E-state index in [-0.39, 0.29) is 17.4 Å². The fraction of sp³-hybridized carbons (Fsp3) is 0.125. The third-order valence-corrected chi connectivity index (χ3v) is 3.25. The molecule has 17 heavy (non-hydrogen) atoms. The fourth-order valence-electron chi connectivity index (χ4n) is 1.05. The first kappa shape index (κ1) is 11.5. The highest BCUT2D eigenvalue weighted by molar-refractivity contribution is 7.89. The number of hydrogen-bond acceptors (Lipinski definition) is 7. The van der Waals surface area contributed by atoms with Gasteiger partial charge in [-0.1, -0.05) is 5.16 Å². The molecule has 0 aliphatic rings.